The fourth-order valence-corrected chi connectivity index (χ4v) is 2.45. The van der Waals surface area contributed by atoms with Crippen LogP contribution >= 0.6 is 12.4 Å². The van der Waals surface area contributed by atoms with Crippen molar-refractivity contribution in [2.75, 3.05) is 31.1 Å². The third-order valence-corrected chi connectivity index (χ3v) is 3.45. The molecule has 6 heteroatoms. The maximum Gasteiger partial charge on any atom is 0.180 e. The molecule has 1 aliphatic rings. The molecule has 0 spiro atoms. The van der Waals surface area contributed by atoms with Crippen molar-refractivity contribution in [3.8, 4) is 0 Å². The van der Waals surface area contributed by atoms with Crippen LogP contribution in [0.15, 0.2) is 18.6 Å². The van der Waals surface area contributed by atoms with Gasteiger partial charge in [0.15, 0.2) is 11.5 Å². The first-order valence-electron chi connectivity index (χ1n) is 6.55. The summed E-state index contributed by atoms with van der Waals surface area (Å²) in [6, 6.07) is 0. The molecule has 1 saturated heterocycles. The summed E-state index contributed by atoms with van der Waals surface area (Å²) in [5.74, 6) is 1.48. The van der Waals surface area contributed by atoms with Crippen molar-refractivity contribution < 1.29 is 0 Å². The normalized spacial score (nSPS) is 15.8. The zero-order valence-electron chi connectivity index (χ0n) is 11.3. The van der Waals surface area contributed by atoms with Gasteiger partial charge >= 0.3 is 0 Å². The van der Waals surface area contributed by atoms with Gasteiger partial charge in [-0.05, 0) is 5.92 Å². The van der Waals surface area contributed by atoms with E-state index in [1.54, 1.807) is 0 Å². The summed E-state index contributed by atoms with van der Waals surface area (Å²) in [5.41, 5.74) is 2.21. The molecule has 0 amide bonds. The molecule has 0 aliphatic carbocycles. The number of nitrogens with zero attached hydrogens (tertiary/aromatic N) is 4. The van der Waals surface area contributed by atoms with Gasteiger partial charge in [-0.1, -0.05) is 13.8 Å². The lowest BCUT2D eigenvalue weighted by Gasteiger charge is -2.28. The highest BCUT2D eigenvalue weighted by molar-refractivity contribution is 5.85. The van der Waals surface area contributed by atoms with Gasteiger partial charge in [0, 0.05) is 50.5 Å². The zero-order chi connectivity index (χ0) is 12.5. The fourth-order valence-electron chi connectivity index (χ4n) is 2.45. The minimum atomic E-state index is 0. The molecule has 1 N–H and O–H groups in total. The largest absolute Gasteiger partial charge is 0.351 e. The van der Waals surface area contributed by atoms with Gasteiger partial charge in [0.05, 0.1) is 0 Å². The van der Waals surface area contributed by atoms with Crippen LogP contribution in [-0.4, -0.2) is 40.5 Å². The van der Waals surface area contributed by atoms with Gasteiger partial charge in [0.1, 0.15) is 0 Å². The lowest BCUT2D eigenvalue weighted by molar-refractivity contribution is 0.585. The Morgan fingerprint density at radius 2 is 1.95 bits per heavy atom. The lowest BCUT2D eigenvalue weighted by atomic mass is 10.1. The molecule has 1 fully saturated rings. The Morgan fingerprint density at radius 3 is 2.63 bits per heavy atom. The molecule has 0 radical (unpaired) electrons. The molecule has 104 valence electrons. The van der Waals surface area contributed by atoms with Gasteiger partial charge in [0.25, 0.3) is 0 Å². The van der Waals surface area contributed by atoms with E-state index in [4.69, 9.17) is 0 Å². The molecule has 0 bridgehead atoms. The quantitative estimate of drug-likeness (QED) is 0.910. The summed E-state index contributed by atoms with van der Waals surface area (Å²) < 4.78 is 2.16. The van der Waals surface area contributed by atoms with Crippen molar-refractivity contribution in [1.82, 2.24) is 19.7 Å². The van der Waals surface area contributed by atoms with Gasteiger partial charge in [0.2, 0.25) is 0 Å². The van der Waals surface area contributed by atoms with Crippen LogP contribution in [0.3, 0.4) is 0 Å². The van der Waals surface area contributed by atoms with Crippen molar-refractivity contribution in [2.24, 2.45) is 0 Å². The molecule has 0 unspecified atom stereocenters. The SMILES string of the molecule is CC(C)c1cnc2c(N3CCNCC3)nccn12.Cl. The summed E-state index contributed by atoms with van der Waals surface area (Å²) in [6.07, 6.45) is 5.84. The van der Waals surface area contributed by atoms with E-state index >= 15 is 0 Å². The standard InChI is InChI=1S/C13H19N5.ClH/c1-10(2)11-9-16-13-12(15-5-8-18(11)13)17-6-3-14-4-7-17;/h5,8-10,14H,3-4,6-7H2,1-2H3;1H. The number of fused-ring (bicyclic) bond motifs is 1. The second-order valence-corrected chi connectivity index (χ2v) is 5.02. The number of anilines is 1. The molecule has 1 aliphatic heterocycles. The van der Waals surface area contributed by atoms with Gasteiger partial charge in [-0.25, -0.2) is 9.97 Å². The van der Waals surface area contributed by atoms with Crippen LogP contribution in [-0.2, 0) is 0 Å². The number of piperazine rings is 1. The minimum absolute atomic E-state index is 0. The number of hydrogen-bond donors (Lipinski definition) is 1. The van der Waals surface area contributed by atoms with Crippen molar-refractivity contribution in [2.45, 2.75) is 19.8 Å². The maximum atomic E-state index is 4.55. The van der Waals surface area contributed by atoms with Gasteiger partial charge in [-0.15, -0.1) is 12.4 Å². The Morgan fingerprint density at radius 1 is 1.21 bits per heavy atom. The van der Waals surface area contributed by atoms with Crippen LogP contribution in [0.25, 0.3) is 5.65 Å². The maximum absolute atomic E-state index is 4.55. The van der Waals surface area contributed by atoms with Gasteiger partial charge in [-0.3, -0.25) is 4.40 Å². The first-order chi connectivity index (χ1) is 8.77. The van der Waals surface area contributed by atoms with E-state index in [0.717, 1.165) is 37.6 Å². The van der Waals surface area contributed by atoms with E-state index in [2.05, 4.69) is 38.4 Å². The third kappa shape index (κ3) is 2.53. The Bertz CT molecular complexity index is 545. The highest BCUT2D eigenvalue weighted by Crippen LogP contribution is 2.22. The van der Waals surface area contributed by atoms with Gasteiger partial charge < -0.3 is 10.2 Å². The van der Waals surface area contributed by atoms with Crippen LogP contribution in [0.4, 0.5) is 5.82 Å². The second-order valence-electron chi connectivity index (χ2n) is 5.02. The van der Waals surface area contributed by atoms with E-state index in [0.29, 0.717) is 5.92 Å². The fraction of sp³-hybridized carbons (Fsp3) is 0.538. The Hall–Kier alpha value is -1.33. The van der Waals surface area contributed by atoms with Crippen molar-refractivity contribution in [3.63, 3.8) is 0 Å². The minimum Gasteiger partial charge on any atom is -0.351 e. The highest BCUT2D eigenvalue weighted by Gasteiger charge is 2.17. The summed E-state index contributed by atoms with van der Waals surface area (Å²) in [4.78, 5) is 11.4. The van der Waals surface area contributed by atoms with E-state index in [1.807, 2.05) is 18.6 Å². The van der Waals surface area contributed by atoms with E-state index < -0.39 is 0 Å². The molecular weight excluding hydrogens is 262 g/mol. The molecular formula is C13H20ClN5. The summed E-state index contributed by atoms with van der Waals surface area (Å²) >= 11 is 0. The number of imidazole rings is 1. The molecule has 0 saturated carbocycles. The molecule has 0 aromatic carbocycles. The number of hydrogen-bond acceptors (Lipinski definition) is 4. The monoisotopic (exact) mass is 281 g/mol. The molecule has 19 heavy (non-hydrogen) atoms. The predicted octanol–water partition coefficient (Wildman–Crippen LogP) is 1.68. The Kier molecular flexibility index (Phi) is 4.27. The summed E-state index contributed by atoms with van der Waals surface area (Å²) in [7, 11) is 0. The zero-order valence-corrected chi connectivity index (χ0v) is 12.2. The van der Waals surface area contributed by atoms with Crippen LogP contribution in [0, 0.1) is 0 Å². The van der Waals surface area contributed by atoms with E-state index in [9.17, 15) is 0 Å². The summed E-state index contributed by atoms with van der Waals surface area (Å²) in [5, 5.41) is 3.36. The molecule has 2 aromatic heterocycles. The van der Waals surface area contributed by atoms with Crippen molar-refractivity contribution >= 4 is 23.9 Å². The third-order valence-electron chi connectivity index (χ3n) is 3.45. The Balaban J connectivity index is 0.00000133. The first kappa shape index (κ1) is 14.1. The average molecular weight is 282 g/mol. The van der Waals surface area contributed by atoms with Crippen LogP contribution in [0.1, 0.15) is 25.5 Å². The van der Waals surface area contributed by atoms with Crippen LogP contribution in [0.2, 0.25) is 0 Å². The van der Waals surface area contributed by atoms with Crippen molar-refractivity contribution in [3.05, 3.63) is 24.3 Å². The number of aromatic nitrogens is 3. The number of halogens is 1. The summed E-state index contributed by atoms with van der Waals surface area (Å²) in [6.45, 7) is 8.40. The second kappa shape index (κ2) is 5.75. The van der Waals surface area contributed by atoms with Gasteiger partial charge in [-0.2, -0.15) is 0 Å². The number of nitrogens with one attached hydrogen (secondary N) is 1. The number of rotatable bonds is 2. The molecule has 0 atom stereocenters. The Labute approximate surface area is 119 Å². The smallest absolute Gasteiger partial charge is 0.180 e. The highest BCUT2D eigenvalue weighted by atomic mass is 35.5. The van der Waals surface area contributed by atoms with E-state index in [-0.39, 0.29) is 12.4 Å². The molecule has 2 aromatic rings. The van der Waals surface area contributed by atoms with Crippen molar-refractivity contribution in [1.29, 1.82) is 0 Å². The lowest BCUT2D eigenvalue weighted by Crippen LogP contribution is -2.44. The molecule has 5 nitrogen and oxygen atoms in total. The van der Waals surface area contributed by atoms with Crippen LogP contribution in [0.5, 0.6) is 0 Å². The topological polar surface area (TPSA) is 45.5 Å². The average Bonchev–Trinajstić information content (AvgIpc) is 2.83. The predicted molar refractivity (Wildman–Crippen MR) is 79.4 cm³/mol. The first-order valence-corrected chi connectivity index (χ1v) is 6.55. The molecule has 3 rings (SSSR count). The van der Waals surface area contributed by atoms with E-state index in [1.165, 1.54) is 5.69 Å². The van der Waals surface area contributed by atoms with Crippen LogP contribution < -0.4 is 10.2 Å². The molecule has 3 heterocycles.